The molecular formula is C11H9NO4. The number of nitrogens with zero attached hydrogens (tertiary/aromatic N) is 1. The van der Waals surface area contributed by atoms with Gasteiger partial charge in [-0.1, -0.05) is 6.07 Å². The van der Waals surface area contributed by atoms with Crippen LogP contribution in [0.2, 0.25) is 0 Å². The third-order valence-electron chi connectivity index (χ3n) is 2.30. The van der Waals surface area contributed by atoms with E-state index in [-0.39, 0.29) is 11.3 Å². The summed E-state index contributed by atoms with van der Waals surface area (Å²) in [5.74, 6) is -1.63. The lowest BCUT2D eigenvalue weighted by atomic mass is 10.2. The maximum absolute atomic E-state index is 11.4. The van der Waals surface area contributed by atoms with Crippen LogP contribution in [-0.2, 0) is 4.74 Å². The molecule has 0 amide bonds. The first kappa shape index (κ1) is 10.2. The number of ether oxygens (including phenoxy) is 1. The van der Waals surface area contributed by atoms with Crippen molar-refractivity contribution in [1.82, 2.24) is 4.40 Å². The fourth-order valence-electron chi connectivity index (χ4n) is 1.59. The molecule has 16 heavy (non-hydrogen) atoms. The van der Waals surface area contributed by atoms with Gasteiger partial charge in [-0.05, 0) is 18.2 Å². The summed E-state index contributed by atoms with van der Waals surface area (Å²) in [5.41, 5.74) is 0.809. The normalized spacial score (nSPS) is 10.3. The number of esters is 1. The van der Waals surface area contributed by atoms with E-state index in [0.717, 1.165) is 0 Å². The number of rotatable bonds is 2. The van der Waals surface area contributed by atoms with Crippen molar-refractivity contribution < 1.29 is 19.4 Å². The van der Waals surface area contributed by atoms with Gasteiger partial charge in [0.15, 0.2) is 0 Å². The minimum Gasteiger partial charge on any atom is -0.477 e. The molecule has 0 aromatic carbocycles. The van der Waals surface area contributed by atoms with Crippen LogP contribution in [0, 0.1) is 0 Å². The number of aromatic carboxylic acids is 1. The summed E-state index contributed by atoms with van der Waals surface area (Å²) in [6.07, 6.45) is 1.59. The molecule has 0 radical (unpaired) electrons. The average molecular weight is 219 g/mol. The van der Waals surface area contributed by atoms with Gasteiger partial charge in [0.05, 0.1) is 18.2 Å². The molecule has 0 aliphatic rings. The Morgan fingerprint density at radius 3 is 2.75 bits per heavy atom. The van der Waals surface area contributed by atoms with Gasteiger partial charge in [-0.25, -0.2) is 9.59 Å². The number of hydrogen-bond donors (Lipinski definition) is 1. The molecule has 0 spiro atoms. The molecule has 0 bridgehead atoms. The molecule has 2 aromatic rings. The van der Waals surface area contributed by atoms with E-state index in [2.05, 4.69) is 4.74 Å². The second-order valence-corrected chi connectivity index (χ2v) is 3.20. The van der Waals surface area contributed by atoms with Gasteiger partial charge in [-0.15, -0.1) is 0 Å². The third kappa shape index (κ3) is 1.42. The minimum atomic E-state index is -1.09. The number of carbonyl (C=O) groups excluding carboxylic acids is 1. The number of hydrogen-bond acceptors (Lipinski definition) is 3. The molecule has 0 saturated carbocycles. The number of aromatic nitrogens is 1. The number of pyridine rings is 1. The van der Waals surface area contributed by atoms with Crippen LogP contribution in [0.25, 0.3) is 5.52 Å². The highest BCUT2D eigenvalue weighted by Gasteiger charge is 2.18. The second kappa shape index (κ2) is 3.69. The lowest BCUT2D eigenvalue weighted by Crippen LogP contribution is -2.00. The summed E-state index contributed by atoms with van der Waals surface area (Å²) in [7, 11) is 1.26. The van der Waals surface area contributed by atoms with Crippen LogP contribution in [0.4, 0.5) is 0 Å². The van der Waals surface area contributed by atoms with E-state index >= 15 is 0 Å². The fraction of sp³-hybridized carbons (Fsp3) is 0.0909. The molecule has 5 heteroatoms. The molecule has 0 aliphatic carbocycles. The SMILES string of the molecule is COC(=O)c1cc(C(=O)O)n2ccccc12. The Morgan fingerprint density at radius 2 is 2.12 bits per heavy atom. The quantitative estimate of drug-likeness (QED) is 0.775. The molecule has 0 saturated heterocycles. The van der Waals surface area contributed by atoms with Gasteiger partial charge in [-0.3, -0.25) is 0 Å². The van der Waals surface area contributed by atoms with Gasteiger partial charge in [0, 0.05) is 6.20 Å². The van der Waals surface area contributed by atoms with Crippen LogP contribution >= 0.6 is 0 Å². The Kier molecular flexibility index (Phi) is 2.36. The van der Waals surface area contributed by atoms with E-state index in [1.54, 1.807) is 24.4 Å². The van der Waals surface area contributed by atoms with E-state index in [1.165, 1.54) is 17.6 Å². The summed E-state index contributed by atoms with van der Waals surface area (Å²) >= 11 is 0. The number of fused-ring (bicyclic) bond motifs is 1. The van der Waals surface area contributed by atoms with E-state index < -0.39 is 11.9 Å². The Balaban J connectivity index is 2.76. The summed E-state index contributed by atoms with van der Waals surface area (Å²) in [4.78, 5) is 22.4. The van der Waals surface area contributed by atoms with Crippen molar-refractivity contribution in [2.24, 2.45) is 0 Å². The lowest BCUT2D eigenvalue weighted by Gasteiger charge is -1.98. The Labute approximate surface area is 90.9 Å². The van der Waals surface area contributed by atoms with Gasteiger partial charge < -0.3 is 14.2 Å². The van der Waals surface area contributed by atoms with Crippen molar-refractivity contribution in [1.29, 1.82) is 0 Å². The Hall–Kier alpha value is -2.30. The number of methoxy groups -OCH3 is 1. The van der Waals surface area contributed by atoms with Crippen LogP contribution in [0.3, 0.4) is 0 Å². The van der Waals surface area contributed by atoms with Crippen molar-refractivity contribution in [2.75, 3.05) is 7.11 Å². The Morgan fingerprint density at radius 1 is 1.38 bits per heavy atom. The van der Waals surface area contributed by atoms with Crippen molar-refractivity contribution in [3.63, 3.8) is 0 Å². The van der Waals surface area contributed by atoms with E-state index in [1.807, 2.05) is 0 Å². The van der Waals surface area contributed by atoms with Crippen LogP contribution in [0.1, 0.15) is 20.8 Å². The molecule has 0 unspecified atom stereocenters. The molecule has 0 atom stereocenters. The summed E-state index contributed by atoms with van der Waals surface area (Å²) in [5, 5.41) is 8.98. The molecule has 0 aliphatic heterocycles. The Bertz CT molecular complexity index is 570. The largest absolute Gasteiger partial charge is 0.477 e. The summed E-state index contributed by atoms with van der Waals surface area (Å²) < 4.78 is 6.03. The highest BCUT2D eigenvalue weighted by molar-refractivity contribution is 6.01. The molecule has 1 N–H and O–H groups in total. The maximum Gasteiger partial charge on any atom is 0.352 e. The van der Waals surface area contributed by atoms with E-state index in [0.29, 0.717) is 5.52 Å². The van der Waals surface area contributed by atoms with Crippen molar-refractivity contribution in [2.45, 2.75) is 0 Å². The van der Waals surface area contributed by atoms with E-state index in [9.17, 15) is 9.59 Å². The zero-order valence-corrected chi connectivity index (χ0v) is 8.51. The standard InChI is InChI=1S/C11H9NO4/c1-16-11(15)7-6-9(10(13)14)12-5-3-2-4-8(7)12/h2-6H,1H3,(H,13,14). The van der Waals surface area contributed by atoms with Crippen molar-refractivity contribution >= 4 is 17.5 Å². The van der Waals surface area contributed by atoms with Gasteiger partial charge in [-0.2, -0.15) is 0 Å². The molecule has 2 rings (SSSR count). The predicted molar refractivity (Wildman–Crippen MR) is 55.7 cm³/mol. The van der Waals surface area contributed by atoms with Crippen LogP contribution in [0.5, 0.6) is 0 Å². The molecular weight excluding hydrogens is 210 g/mol. The first-order chi connectivity index (χ1) is 7.65. The molecule has 2 aromatic heterocycles. The van der Waals surface area contributed by atoms with Gasteiger partial charge in [0.1, 0.15) is 5.69 Å². The minimum absolute atomic E-state index is 0.0380. The highest BCUT2D eigenvalue weighted by atomic mass is 16.5. The highest BCUT2D eigenvalue weighted by Crippen LogP contribution is 2.17. The van der Waals surface area contributed by atoms with Crippen LogP contribution in [0.15, 0.2) is 30.5 Å². The van der Waals surface area contributed by atoms with Crippen LogP contribution in [-0.4, -0.2) is 28.6 Å². The molecule has 2 heterocycles. The third-order valence-corrected chi connectivity index (χ3v) is 2.30. The number of carboxylic acid groups (broad SMARTS) is 1. The molecule has 5 nitrogen and oxygen atoms in total. The maximum atomic E-state index is 11.4. The summed E-state index contributed by atoms with van der Waals surface area (Å²) in [6, 6.07) is 6.40. The first-order valence-electron chi connectivity index (χ1n) is 4.57. The van der Waals surface area contributed by atoms with Crippen molar-refractivity contribution in [3.8, 4) is 0 Å². The zero-order valence-electron chi connectivity index (χ0n) is 8.51. The number of carboxylic acids is 1. The topological polar surface area (TPSA) is 68.0 Å². The second-order valence-electron chi connectivity index (χ2n) is 3.20. The van der Waals surface area contributed by atoms with Gasteiger partial charge in [0.2, 0.25) is 0 Å². The monoisotopic (exact) mass is 219 g/mol. The van der Waals surface area contributed by atoms with Crippen LogP contribution < -0.4 is 0 Å². The molecule has 82 valence electrons. The van der Waals surface area contributed by atoms with Gasteiger partial charge >= 0.3 is 11.9 Å². The zero-order chi connectivity index (χ0) is 11.7. The van der Waals surface area contributed by atoms with E-state index in [4.69, 9.17) is 5.11 Å². The summed E-state index contributed by atoms with van der Waals surface area (Å²) in [6.45, 7) is 0. The fourth-order valence-corrected chi connectivity index (χ4v) is 1.59. The lowest BCUT2D eigenvalue weighted by molar-refractivity contribution is 0.0603. The predicted octanol–water partition coefficient (Wildman–Crippen LogP) is 1.42. The smallest absolute Gasteiger partial charge is 0.352 e. The molecule has 0 fully saturated rings. The average Bonchev–Trinajstić information content (AvgIpc) is 2.67. The van der Waals surface area contributed by atoms with Gasteiger partial charge in [0.25, 0.3) is 0 Å². The van der Waals surface area contributed by atoms with Crippen molar-refractivity contribution in [3.05, 3.63) is 41.7 Å². The first-order valence-corrected chi connectivity index (χ1v) is 4.57. The number of carbonyl (C=O) groups is 2.